The zero-order valence-electron chi connectivity index (χ0n) is 13.1. The summed E-state index contributed by atoms with van der Waals surface area (Å²) in [5.74, 6) is 0.137. The van der Waals surface area contributed by atoms with Crippen molar-refractivity contribution in [3.05, 3.63) is 60.1 Å². The number of ether oxygens (including phenoxy) is 1. The first-order valence-corrected chi connectivity index (χ1v) is 7.40. The molecule has 0 saturated heterocycles. The molecule has 0 radical (unpaired) electrons. The van der Waals surface area contributed by atoms with Gasteiger partial charge in [-0.1, -0.05) is 30.3 Å². The van der Waals surface area contributed by atoms with Crippen LogP contribution in [0.4, 0.5) is 0 Å². The number of methoxy groups -OCH3 is 1. The lowest BCUT2D eigenvalue weighted by Crippen LogP contribution is -2.47. The standard InChI is InChI=1S/C17H22N2O4/c1-22-12-14(18)17(21)19(10-13-6-3-2-4-7-13)11-15(20)16-8-5-9-23-16/h2-9,14-15,20H,10-12,18H2,1H3. The predicted octanol–water partition coefficient (Wildman–Crippen LogP) is 1.32. The van der Waals surface area contributed by atoms with E-state index >= 15 is 0 Å². The summed E-state index contributed by atoms with van der Waals surface area (Å²) in [4.78, 5) is 14.0. The van der Waals surface area contributed by atoms with Crippen molar-refractivity contribution in [3.63, 3.8) is 0 Å². The highest BCUT2D eigenvalue weighted by Crippen LogP contribution is 2.17. The molecule has 0 aliphatic rings. The summed E-state index contributed by atoms with van der Waals surface area (Å²) in [5.41, 5.74) is 6.81. The van der Waals surface area contributed by atoms with Crippen LogP contribution < -0.4 is 5.73 Å². The van der Waals surface area contributed by atoms with Crippen LogP contribution in [0.2, 0.25) is 0 Å². The zero-order valence-corrected chi connectivity index (χ0v) is 13.1. The number of hydrogen-bond donors (Lipinski definition) is 2. The molecule has 1 aromatic heterocycles. The molecule has 1 amide bonds. The molecule has 0 bridgehead atoms. The lowest BCUT2D eigenvalue weighted by atomic mass is 10.1. The van der Waals surface area contributed by atoms with Gasteiger partial charge in [-0.15, -0.1) is 0 Å². The number of carbonyl (C=O) groups is 1. The van der Waals surface area contributed by atoms with Gasteiger partial charge in [-0.2, -0.15) is 0 Å². The van der Waals surface area contributed by atoms with Crippen molar-refractivity contribution < 1.29 is 19.1 Å². The summed E-state index contributed by atoms with van der Waals surface area (Å²) in [6.45, 7) is 0.578. The average molecular weight is 318 g/mol. The van der Waals surface area contributed by atoms with Crippen LogP contribution in [-0.4, -0.2) is 42.2 Å². The number of nitrogens with two attached hydrogens (primary N) is 1. The van der Waals surface area contributed by atoms with Gasteiger partial charge in [-0.3, -0.25) is 4.79 Å². The second-order valence-corrected chi connectivity index (χ2v) is 5.30. The number of aliphatic hydroxyl groups excluding tert-OH is 1. The van der Waals surface area contributed by atoms with Crippen LogP contribution in [0.25, 0.3) is 0 Å². The second kappa shape index (κ2) is 8.47. The highest BCUT2D eigenvalue weighted by Gasteiger charge is 2.25. The van der Waals surface area contributed by atoms with Gasteiger partial charge in [0, 0.05) is 13.7 Å². The fourth-order valence-corrected chi connectivity index (χ4v) is 2.30. The minimum absolute atomic E-state index is 0.0959. The number of benzene rings is 1. The molecule has 2 rings (SSSR count). The van der Waals surface area contributed by atoms with E-state index in [1.54, 1.807) is 12.1 Å². The molecule has 0 aliphatic carbocycles. The van der Waals surface area contributed by atoms with Crippen molar-refractivity contribution in [1.29, 1.82) is 0 Å². The molecule has 124 valence electrons. The molecule has 1 aromatic carbocycles. The summed E-state index contributed by atoms with van der Waals surface area (Å²) in [7, 11) is 1.49. The van der Waals surface area contributed by atoms with Crippen LogP contribution >= 0.6 is 0 Å². The summed E-state index contributed by atoms with van der Waals surface area (Å²) in [5, 5.41) is 10.3. The first-order valence-electron chi connectivity index (χ1n) is 7.40. The number of aliphatic hydroxyl groups is 1. The van der Waals surface area contributed by atoms with Crippen molar-refractivity contribution in [2.75, 3.05) is 20.3 Å². The molecule has 2 unspecified atom stereocenters. The molecule has 0 spiro atoms. The SMILES string of the molecule is COCC(N)C(=O)N(Cc1ccccc1)CC(O)c1ccco1. The van der Waals surface area contributed by atoms with Crippen molar-refractivity contribution in [1.82, 2.24) is 4.90 Å². The quantitative estimate of drug-likeness (QED) is 0.766. The Kier molecular flexibility index (Phi) is 6.34. The summed E-state index contributed by atoms with van der Waals surface area (Å²) in [6.07, 6.45) is 0.575. The van der Waals surface area contributed by atoms with Gasteiger partial charge in [-0.05, 0) is 17.7 Å². The molecule has 6 heteroatoms. The molecule has 0 saturated carbocycles. The first-order chi connectivity index (χ1) is 11.1. The van der Waals surface area contributed by atoms with E-state index in [1.165, 1.54) is 18.3 Å². The lowest BCUT2D eigenvalue weighted by Gasteiger charge is -2.27. The molecule has 0 aliphatic heterocycles. The fourth-order valence-electron chi connectivity index (χ4n) is 2.30. The molecule has 3 N–H and O–H groups in total. The van der Waals surface area contributed by atoms with Gasteiger partial charge in [0.25, 0.3) is 0 Å². The van der Waals surface area contributed by atoms with Crippen molar-refractivity contribution in [2.45, 2.75) is 18.7 Å². The highest BCUT2D eigenvalue weighted by atomic mass is 16.5. The van der Waals surface area contributed by atoms with Gasteiger partial charge in [-0.25, -0.2) is 0 Å². The van der Waals surface area contributed by atoms with Gasteiger partial charge in [0.1, 0.15) is 17.9 Å². The summed E-state index contributed by atoms with van der Waals surface area (Å²) < 4.78 is 10.1. The maximum Gasteiger partial charge on any atom is 0.242 e. The maximum atomic E-state index is 12.5. The van der Waals surface area contributed by atoms with E-state index in [1.807, 2.05) is 30.3 Å². The number of hydrogen-bond acceptors (Lipinski definition) is 5. The number of rotatable bonds is 8. The Balaban J connectivity index is 2.11. The monoisotopic (exact) mass is 318 g/mol. The van der Waals surface area contributed by atoms with Gasteiger partial charge >= 0.3 is 0 Å². The van der Waals surface area contributed by atoms with E-state index in [9.17, 15) is 9.90 Å². The third kappa shape index (κ3) is 4.92. The van der Waals surface area contributed by atoms with Crippen molar-refractivity contribution in [2.24, 2.45) is 5.73 Å². The molecular formula is C17H22N2O4. The fraction of sp³-hybridized carbons (Fsp3) is 0.353. The Bertz CT molecular complexity index is 586. The van der Waals surface area contributed by atoms with Crippen LogP contribution in [0.5, 0.6) is 0 Å². The minimum Gasteiger partial charge on any atom is -0.467 e. The molecule has 0 fully saturated rings. The van der Waals surface area contributed by atoms with Gasteiger partial charge in [0.2, 0.25) is 5.91 Å². The molecule has 2 aromatic rings. The van der Waals surface area contributed by atoms with E-state index in [0.29, 0.717) is 12.3 Å². The van der Waals surface area contributed by atoms with E-state index < -0.39 is 12.1 Å². The smallest absolute Gasteiger partial charge is 0.242 e. The van der Waals surface area contributed by atoms with Crippen LogP contribution in [0, 0.1) is 0 Å². The summed E-state index contributed by atoms with van der Waals surface area (Å²) in [6, 6.07) is 12.1. The Hall–Kier alpha value is -2.15. The second-order valence-electron chi connectivity index (χ2n) is 5.30. The predicted molar refractivity (Wildman–Crippen MR) is 85.4 cm³/mol. The normalized spacial score (nSPS) is 13.5. The largest absolute Gasteiger partial charge is 0.467 e. The Morgan fingerprint density at radius 2 is 2.04 bits per heavy atom. The van der Waals surface area contributed by atoms with Crippen LogP contribution in [0.3, 0.4) is 0 Å². The number of amides is 1. The number of carbonyl (C=O) groups excluding carboxylic acids is 1. The number of furan rings is 1. The molecule has 23 heavy (non-hydrogen) atoms. The van der Waals surface area contributed by atoms with Crippen LogP contribution in [-0.2, 0) is 16.1 Å². The maximum absolute atomic E-state index is 12.5. The Morgan fingerprint density at radius 3 is 2.65 bits per heavy atom. The van der Waals surface area contributed by atoms with E-state index in [4.69, 9.17) is 14.9 Å². The third-order valence-electron chi connectivity index (χ3n) is 3.46. The molecular weight excluding hydrogens is 296 g/mol. The molecule has 1 heterocycles. The van der Waals surface area contributed by atoms with E-state index in [0.717, 1.165) is 5.56 Å². The lowest BCUT2D eigenvalue weighted by molar-refractivity contribution is -0.136. The first kappa shape index (κ1) is 17.2. The minimum atomic E-state index is -0.910. The van der Waals surface area contributed by atoms with E-state index in [2.05, 4.69) is 0 Å². The Labute approximate surface area is 135 Å². The van der Waals surface area contributed by atoms with Crippen molar-refractivity contribution >= 4 is 5.91 Å². The molecule has 2 atom stereocenters. The summed E-state index contributed by atoms with van der Waals surface area (Å²) >= 11 is 0. The van der Waals surface area contributed by atoms with Gasteiger partial charge in [0.15, 0.2) is 0 Å². The van der Waals surface area contributed by atoms with Crippen molar-refractivity contribution in [3.8, 4) is 0 Å². The molecule has 6 nitrogen and oxygen atoms in total. The third-order valence-corrected chi connectivity index (χ3v) is 3.46. The Morgan fingerprint density at radius 1 is 1.30 bits per heavy atom. The highest BCUT2D eigenvalue weighted by molar-refractivity contribution is 5.81. The van der Waals surface area contributed by atoms with Crippen LogP contribution in [0.1, 0.15) is 17.4 Å². The van der Waals surface area contributed by atoms with Crippen LogP contribution in [0.15, 0.2) is 53.1 Å². The van der Waals surface area contributed by atoms with Gasteiger partial charge in [0.05, 0.1) is 19.4 Å². The number of nitrogens with zero attached hydrogens (tertiary/aromatic N) is 1. The zero-order chi connectivity index (χ0) is 16.7. The van der Waals surface area contributed by atoms with E-state index in [-0.39, 0.29) is 19.1 Å². The topological polar surface area (TPSA) is 88.9 Å². The van der Waals surface area contributed by atoms with Gasteiger partial charge < -0.3 is 24.9 Å². The average Bonchev–Trinajstić information content (AvgIpc) is 3.09.